The lowest BCUT2D eigenvalue weighted by Crippen LogP contribution is -2.43. The van der Waals surface area contributed by atoms with Crippen molar-refractivity contribution in [3.05, 3.63) is 29.3 Å². The van der Waals surface area contributed by atoms with Crippen LogP contribution in [-0.2, 0) is 23.1 Å². The Morgan fingerprint density at radius 2 is 2.00 bits per heavy atom. The van der Waals surface area contributed by atoms with E-state index in [9.17, 15) is 13.5 Å². The maximum Gasteiger partial charge on any atom is 0.243 e. The molecule has 0 bridgehead atoms. The summed E-state index contributed by atoms with van der Waals surface area (Å²) in [6, 6.07) is 5.10. The molecule has 1 heterocycles. The van der Waals surface area contributed by atoms with Gasteiger partial charge in [0.25, 0.3) is 0 Å². The minimum absolute atomic E-state index is 0.0223. The number of aryl methyl sites for hydroxylation is 1. The number of sulfonamides is 1. The summed E-state index contributed by atoms with van der Waals surface area (Å²) in [6.45, 7) is 7.21. The van der Waals surface area contributed by atoms with Crippen molar-refractivity contribution in [1.29, 1.82) is 0 Å². The van der Waals surface area contributed by atoms with E-state index in [1.165, 1.54) is 0 Å². The minimum atomic E-state index is -3.47. The molecule has 0 atom stereocenters. The molecule has 1 fully saturated rings. The normalized spacial score (nSPS) is 19.6. The molecule has 0 radical (unpaired) electrons. The van der Waals surface area contributed by atoms with Gasteiger partial charge in [0.1, 0.15) is 0 Å². The lowest BCUT2D eigenvalue weighted by Gasteiger charge is -2.37. The van der Waals surface area contributed by atoms with Crippen LogP contribution >= 0.6 is 0 Å². The zero-order valence-electron chi connectivity index (χ0n) is 13.1. The molecule has 5 heteroatoms. The number of nitrogens with zero attached hydrogens (tertiary/aromatic N) is 1. The van der Waals surface area contributed by atoms with E-state index in [1.807, 2.05) is 13.0 Å². The van der Waals surface area contributed by atoms with Crippen molar-refractivity contribution in [2.75, 3.05) is 13.1 Å². The Balaban J connectivity index is 2.35. The highest BCUT2D eigenvalue weighted by Gasteiger charge is 2.34. The lowest BCUT2D eigenvalue weighted by atomic mass is 9.85. The molecule has 0 unspecified atom stereocenters. The first kappa shape index (κ1) is 16.5. The van der Waals surface area contributed by atoms with Crippen molar-refractivity contribution in [3.8, 4) is 0 Å². The smallest absolute Gasteiger partial charge is 0.243 e. The van der Waals surface area contributed by atoms with Gasteiger partial charge in [-0.1, -0.05) is 26.8 Å². The second-order valence-electron chi connectivity index (χ2n) is 6.55. The van der Waals surface area contributed by atoms with Gasteiger partial charge in [0.2, 0.25) is 10.0 Å². The number of rotatable bonds is 4. The quantitative estimate of drug-likeness (QED) is 0.929. The Morgan fingerprint density at radius 3 is 2.57 bits per heavy atom. The summed E-state index contributed by atoms with van der Waals surface area (Å²) < 4.78 is 27.2. The molecule has 1 aliphatic heterocycles. The van der Waals surface area contributed by atoms with Gasteiger partial charge in [-0.25, -0.2) is 8.42 Å². The number of piperidine rings is 1. The van der Waals surface area contributed by atoms with Gasteiger partial charge in [-0.2, -0.15) is 4.31 Å². The van der Waals surface area contributed by atoms with E-state index in [1.54, 1.807) is 16.4 Å². The molecule has 1 aliphatic rings. The lowest BCUT2D eigenvalue weighted by molar-refractivity contribution is 0.187. The molecule has 0 aliphatic carbocycles. The fourth-order valence-corrected chi connectivity index (χ4v) is 4.70. The average molecular weight is 311 g/mol. The number of benzene rings is 1. The second kappa shape index (κ2) is 6.07. The summed E-state index contributed by atoms with van der Waals surface area (Å²) in [4.78, 5) is 0.293. The summed E-state index contributed by atoms with van der Waals surface area (Å²) in [7, 11) is -3.47. The van der Waals surface area contributed by atoms with Crippen LogP contribution in [0.3, 0.4) is 0 Å². The molecule has 1 aromatic carbocycles. The van der Waals surface area contributed by atoms with Crippen molar-refractivity contribution in [1.82, 2.24) is 4.31 Å². The van der Waals surface area contributed by atoms with Crippen LogP contribution in [0.1, 0.15) is 44.7 Å². The highest BCUT2D eigenvalue weighted by molar-refractivity contribution is 7.89. The fourth-order valence-electron chi connectivity index (χ4n) is 2.98. The third-order valence-electron chi connectivity index (χ3n) is 4.23. The molecule has 118 valence electrons. The molecule has 1 aromatic rings. The van der Waals surface area contributed by atoms with E-state index in [4.69, 9.17) is 0 Å². The van der Waals surface area contributed by atoms with Gasteiger partial charge in [-0.15, -0.1) is 0 Å². The summed E-state index contributed by atoms with van der Waals surface area (Å²) in [5.74, 6) is 0. The summed E-state index contributed by atoms with van der Waals surface area (Å²) >= 11 is 0. The highest BCUT2D eigenvalue weighted by Crippen LogP contribution is 2.32. The van der Waals surface area contributed by atoms with Crippen molar-refractivity contribution in [2.24, 2.45) is 5.41 Å². The first-order valence-electron chi connectivity index (χ1n) is 7.53. The molecule has 2 rings (SSSR count). The van der Waals surface area contributed by atoms with Crippen molar-refractivity contribution < 1.29 is 13.5 Å². The van der Waals surface area contributed by atoms with Crippen LogP contribution in [0.25, 0.3) is 0 Å². The summed E-state index contributed by atoms with van der Waals surface area (Å²) in [6.07, 6.45) is 2.73. The molecule has 4 nitrogen and oxygen atoms in total. The van der Waals surface area contributed by atoms with E-state index < -0.39 is 10.0 Å². The Hall–Kier alpha value is -0.910. The van der Waals surface area contributed by atoms with E-state index in [0.717, 1.165) is 24.8 Å². The van der Waals surface area contributed by atoms with Gasteiger partial charge in [0, 0.05) is 13.1 Å². The molecule has 1 N–H and O–H groups in total. The van der Waals surface area contributed by atoms with Gasteiger partial charge < -0.3 is 5.11 Å². The molecular formula is C16H25NO3S. The number of aliphatic hydroxyl groups is 1. The zero-order valence-corrected chi connectivity index (χ0v) is 13.9. The Morgan fingerprint density at radius 1 is 1.29 bits per heavy atom. The monoisotopic (exact) mass is 311 g/mol. The van der Waals surface area contributed by atoms with E-state index in [2.05, 4.69) is 13.8 Å². The molecule has 0 amide bonds. The molecule has 0 aromatic heterocycles. The zero-order chi connectivity index (χ0) is 15.7. The second-order valence-corrected chi connectivity index (χ2v) is 8.49. The number of hydrogen-bond donors (Lipinski definition) is 1. The number of hydrogen-bond acceptors (Lipinski definition) is 3. The van der Waals surface area contributed by atoms with E-state index in [-0.39, 0.29) is 12.0 Å². The topological polar surface area (TPSA) is 57.6 Å². The van der Waals surface area contributed by atoms with Crippen LogP contribution in [0.2, 0.25) is 0 Å². The largest absolute Gasteiger partial charge is 0.392 e. The third kappa shape index (κ3) is 3.47. The third-order valence-corrected chi connectivity index (χ3v) is 6.07. The molecule has 0 spiro atoms. The van der Waals surface area contributed by atoms with Crippen molar-refractivity contribution >= 4 is 10.0 Å². The minimum Gasteiger partial charge on any atom is -0.392 e. The maximum atomic E-state index is 12.8. The van der Waals surface area contributed by atoms with Crippen LogP contribution in [-0.4, -0.2) is 30.9 Å². The van der Waals surface area contributed by atoms with Crippen LogP contribution in [0, 0.1) is 5.41 Å². The van der Waals surface area contributed by atoms with Gasteiger partial charge >= 0.3 is 0 Å². The Kier molecular flexibility index (Phi) is 4.76. The standard InChI is InChI=1S/C16H25NO3S/c1-4-13-6-7-15(10-14(13)11-18)21(19,20)17-9-5-8-16(2,3)12-17/h6-7,10,18H,4-5,8-9,11-12H2,1-3H3. The van der Waals surface area contributed by atoms with E-state index in [0.29, 0.717) is 23.5 Å². The predicted molar refractivity (Wildman–Crippen MR) is 83.5 cm³/mol. The first-order valence-corrected chi connectivity index (χ1v) is 8.97. The maximum absolute atomic E-state index is 12.8. The summed E-state index contributed by atoms with van der Waals surface area (Å²) in [5.41, 5.74) is 1.72. The van der Waals surface area contributed by atoms with Gasteiger partial charge in [-0.05, 0) is 47.9 Å². The van der Waals surface area contributed by atoms with Gasteiger partial charge in [0.05, 0.1) is 11.5 Å². The average Bonchev–Trinajstić information content (AvgIpc) is 2.45. The summed E-state index contributed by atoms with van der Waals surface area (Å²) in [5, 5.41) is 9.42. The van der Waals surface area contributed by atoms with Crippen LogP contribution < -0.4 is 0 Å². The predicted octanol–water partition coefficient (Wildman–Crippen LogP) is 2.55. The first-order chi connectivity index (χ1) is 9.80. The van der Waals surface area contributed by atoms with Crippen molar-refractivity contribution in [2.45, 2.75) is 51.5 Å². The highest BCUT2D eigenvalue weighted by atomic mass is 32.2. The van der Waals surface area contributed by atoms with E-state index >= 15 is 0 Å². The molecular weight excluding hydrogens is 286 g/mol. The van der Waals surface area contributed by atoms with Gasteiger partial charge in [-0.3, -0.25) is 0 Å². The number of aliphatic hydroxyl groups excluding tert-OH is 1. The van der Waals surface area contributed by atoms with Crippen LogP contribution in [0.15, 0.2) is 23.1 Å². The Labute approximate surface area is 127 Å². The van der Waals surface area contributed by atoms with Gasteiger partial charge in [0.15, 0.2) is 0 Å². The van der Waals surface area contributed by atoms with Crippen LogP contribution in [0.5, 0.6) is 0 Å². The Bertz CT molecular complexity index is 608. The SMILES string of the molecule is CCc1ccc(S(=O)(=O)N2CCCC(C)(C)C2)cc1CO. The molecule has 0 saturated carbocycles. The van der Waals surface area contributed by atoms with Crippen LogP contribution in [0.4, 0.5) is 0 Å². The fraction of sp³-hybridized carbons (Fsp3) is 0.625. The molecule has 21 heavy (non-hydrogen) atoms. The molecule has 1 saturated heterocycles. The van der Waals surface area contributed by atoms with Crippen molar-refractivity contribution in [3.63, 3.8) is 0 Å².